The Bertz CT molecular complexity index is 442. The molecule has 1 aliphatic heterocycles. The smallest absolute Gasteiger partial charge is 0.0642 e. The first kappa shape index (κ1) is 16.6. The molecular formula is C16H26ClN3O. The number of nitrogens with one attached hydrogen (secondary N) is 1. The van der Waals surface area contributed by atoms with E-state index in [1.165, 1.54) is 12.0 Å². The van der Waals surface area contributed by atoms with Crippen LogP contribution in [-0.4, -0.2) is 58.4 Å². The van der Waals surface area contributed by atoms with Crippen molar-refractivity contribution in [3.8, 4) is 0 Å². The summed E-state index contributed by atoms with van der Waals surface area (Å²) >= 11 is 6.48. The fraction of sp³-hybridized carbons (Fsp3) is 0.625. The Kier molecular flexibility index (Phi) is 6.77. The lowest BCUT2D eigenvalue weighted by atomic mass is 10.2. The fourth-order valence-corrected chi connectivity index (χ4v) is 2.93. The number of ether oxygens (including phenoxy) is 1. The molecule has 1 heterocycles. The number of halogens is 1. The van der Waals surface area contributed by atoms with Gasteiger partial charge in [-0.1, -0.05) is 17.7 Å². The van der Waals surface area contributed by atoms with Gasteiger partial charge in [0.15, 0.2) is 0 Å². The SMILES string of the molecule is COCCNCc1ccc(N2CCCN(C)CC2)c(Cl)c1. The lowest BCUT2D eigenvalue weighted by Gasteiger charge is -2.24. The number of benzene rings is 1. The molecule has 0 radical (unpaired) electrons. The predicted octanol–water partition coefficient (Wildman–Crippen LogP) is 2.22. The Labute approximate surface area is 133 Å². The monoisotopic (exact) mass is 311 g/mol. The highest BCUT2D eigenvalue weighted by Gasteiger charge is 2.15. The highest BCUT2D eigenvalue weighted by molar-refractivity contribution is 6.33. The minimum atomic E-state index is 0.729. The van der Waals surface area contributed by atoms with Crippen LogP contribution in [0.25, 0.3) is 0 Å². The molecule has 0 aliphatic carbocycles. The number of methoxy groups -OCH3 is 1. The van der Waals surface area contributed by atoms with Gasteiger partial charge in [0.1, 0.15) is 0 Å². The van der Waals surface area contributed by atoms with Gasteiger partial charge in [0, 0.05) is 39.8 Å². The normalized spacial score (nSPS) is 17.0. The lowest BCUT2D eigenvalue weighted by Crippen LogP contribution is -2.29. The van der Waals surface area contributed by atoms with E-state index in [-0.39, 0.29) is 0 Å². The van der Waals surface area contributed by atoms with E-state index in [9.17, 15) is 0 Å². The Balaban J connectivity index is 1.95. The van der Waals surface area contributed by atoms with Crippen molar-refractivity contribution in [2.24, 2.45) is 0 Å². The highest BCUT2D eigenvalue weighted by atomic mass is 35.5. The second-order valence-corrected chi connectivity index (χ2v) is 6.01. The predicted molar refractivity (Wildman–Crippen MR) is 89.4 cm³/mol. The summed E-state index contributed by atoms with van der Waals surface area (Å²) in [6.07, 6.45) is 1.19. The molecule has 0 amide bonds. The first-order valence-electron chi connectivity index (χ1n) is 7.62. The number of hydrogen-bond acceptors (Lipinski definition) is 4. The van der Waals surface area contributed by atoms with Crippen LogP contribution in [0.3, 0.4) is 0 Å². The van der Waals surface area contributed by atoms with Gasteiger partial charge in [-0.25, -0.2) is 0 Å². The molecule has 1 aliphatic rings. The van der Waals surface area contributed by atoms with Gasteiger partial charge in [-0.05, 0) is 37.7 Å². The summed E-state index contributed by atoms with van der Waals surface area (Å²) in [5, 5.41) is 4.19. The van der Waals surface area contributed by atoms with Crippen LogP contribution >= 0.6 is 11.6 Å². The van der Waals surface area contributed by atoms with E-state index in [0.29, 0.717) is 0 Å². The molecule has 0 atom stereocenters. The minimum absolute atomic E-state index is 0.729. The third-order valence-electron chi connectivity index (χ3n) is 3.88. The van der Waals surface area contributed by atoms with E-state index in [4.69, 9.17) is 16.3 Å². The van der Waals surface area contributed by atoms with Gasteiger partial charge in [-0.15, -0.1) is 0 Å². The molecule has 1 fully saturated rings. The summed E-state index contributed by atoms with van der Waals surface area (Å²) in [7, 11) is 3.89. The van der Waals surface area contributed by atoms with Crippen LogP contribution in [0.1, 0.15) is 12.0 Å². The molecule has 21 heavy (non-hydrogen) atoms. The zero-order valence-corrected chi connectivity index (χ0v) is 13.8. The van der Waals surface area contributed by atoms with Crippen molar-refractivity contribution in [1.82, 2.24) is 10.2 Å². The molecule has 0 saturated carbocycles. The average molecular weight is 312 g/mol. The number of nitrogens with zero attached hydrogens (tertiary/aromatic N) is 2. The minimum Gasteiger partial charge on any atom is -0.383 e. The zero-order chi connectivity index (χ0) is 15.1. The standard InChI is InChI=1S/C16H26ClN3O/c1-19-7-3-8-20(10-9-19)16-5-4-14(12-15(16)17)13-18-6-11-21-2/h4-5,12,18H,3,6-11,13H2,1-2H3. The lowest BCUT2D eigenvalue weighted by molar-refractivity contribution is 0.199. The Morgan fingerprint density at radius 1 is 1.24 bits per heavy atom. The van der Waals surface area contributed by atoms with Crippen molar-refractivity contribution < 1.29 is 4.74 Å². The Morgan fingerprint density at radius 3 is 2.86 bits per heavy atom. The van der Waals surface area contributed by atoms with Gasteiger partial charge in [0.25, 0.3) is 0 Å². The number of anilines is 1. The Morgan fingerprint density at radius 2 is 2.10 bits per heavy atom. The zero-order valence-electron chi connectivity index (χ0n) is 13.1. The van der Waals surface area contributed by atoms with Gasteiger partial charge in [-0.2, -0.15) is 0 Å². The Hall–Kier alpha value is -0.810. The average Bonchev–Trinajstić information content (AvgIpc) is 2.69. The van der Waals surface area contributed by atoms with Crippen LogP contribution in [0.4, 0.5) is 5.69 Å². The molecule has 2 rings (SSSR count). The highest BCUT2D eigenvalue weighted by Crippen LogP contribution is 2.27. The van der Waals surface area contributed by atoms with Crippen LogP contribution in [0.2, 0.25) is 5.02 Å². The van der Waals surface area contributed by atoms with E-state index < -0.39 is 0 Å². The molecule has 0 unspecified atom stereocenters. The van der Waals surface area contributed by atoms with E-state index in [0.717, 1.165) is 56.6 Å². The topological polar surface area (TPSA) is 27.7 Å². The summed E-state index contributed by atoms with van der Waals surface area (Å²) < 4.78 is 5.02. The summed E-state index contributed by atoms with van der Waals surface area (Å²) in [4.78, 5) is 4.77. The second-order valence-electron chi connectivity index (χ2n) is 5.60. The number of hydrogen-bond donors (Lipinski definition) is 1. The van der Waals surface area contributed by atoms with Crippen molar-refractivity contribution >= 4 is 17.3 Å². The molecular weight excluding hydrogens is 286 g/mol. The summed E-state index contributed by atoms with van der Waals surface area (Å²) in [5.41, 5.74) is 2.37. The van der Waals surface area contributed by atoms with Gasteiger partial charge in [-0.3, -0.25) is 0 Å². The van der Waals surface area contributed by atoms with Crippen molar-refractivity contribution in [3.05, 3.63) is 28.8 Å². The van der Waals surface area contributed by atoms with Crippen LogP contribution in [-0.2, 0) is 11.3 Å². The van der Waals surface area contributed by atoms with E-state index in [2.05, 4.69) is 40.4 Å². The quantitative estimate of drug-likeness (QED) is 0.815. The van der Waals surface area contributed by atoms with E-state index >= 15 is 0 Å². The molecule has 1 aromatic rings. The molecule has 5 heteroatoms. The maximum atomic E-state index is 6.48. The third kappa shape index (κ3) is 5.15. The van der Waals surface area contributed by atoms with Crippen LogP contribution < -0.4 is 10.2 Å². The summed E-state index contributed by atoms with van der Waals surface area (Å²) in [5.74, 6) is 0. The van der Waals surface area contributed by atoms with Gasteiger partial charge in [0.05, 0.1) is 17.3 Å². The van der Waals surface area contributed by atoms with Gasteiger partial charge < -0.3 is 19.9 Å². The molecule has 0 bridgehead atoms. The van der Waals surface area contributed by atoms with Gasteiger partial charge >= 0.3 is 0 Å². The van der Waals surface area contributed by atoms with E-state index in [1.807, 2.05) is 0 Å². The number of rotatable bonds is 6. The first-order valence-corrected chi connectivity index (χ1v) is 8.00. The molecule has 118 valence electrons. The van der Waals surface area contributed by atoms with Crippen LogP contribution in [0, 0.1) is 0 Å². The maximum absolute atomic E-state index is 6.48. The molecule has 0 aromatic heterocycles. The van der Waals surface area contributed by atoms with Gasteiger partial charge in [0.2, 0.25) is 0 Å². The fourth-order valence-electron chi connectivity index (χ4n) is 2.61. The summed E-state index contributed by atoms with van der Waals surface area (Å²) in [6, 6.07) is 6.39. The van der Waals surface area contributed by atoms with Crippen molar-refractivity contribution in [2.75, 3.05) is 58.4 Å². The third-order valence-corrected chi connectivity index (χ3v) is 4.19. The molecule has 4 nitrogen and oxygen atoms in total. The van der Waals surface area contributed by atoms with E-state index in [1.54, 1.807) is 7.11 Å². The maximum Gasteiger partial charge on any atom is 0.0642 e. The molecule has 0 spiro atoms. The molecule has 1 saturated heterocycles. The molecule has 1 aromatic carbocycles. The van der Waals surface area contributed by atoms with Crippen molar-refractivity contribution in [2.45, 2.75) is 13.0 Å². The van der Waals surface area contributed by atoms with Crippen molar-refractivity contribution in [3.63, 3.8) is 0 Å². The van der Waals surface area contributed by atoms with Crippen LogP contribution in [0.5, 0.6) is 0 Å². The second kappa shape index (κ2) is 8.59. The number of likely N-dealkylation sites (N-methyl/N-ethyl adjacent to an activating group) is 1. The summed E-state index contributed by atoms with van der Waals surface area (Å²) in [6.45, 7) is 6.79. The van der Waals surface area contributed by atoms with Crippen LogP contribution in [0.15, 0.2) is 18.2 Å². The molecule has 1 N–H and O–H groups in total. The van der Waals surface area contributed by atoms with Crippen molar-refractivity contribution in [1.29, 1.82) is 0 Å². The first-order chi connectivity index (χ1) is 10.2. The largest absolute Gasteiger partial charge is 0.383 e.